The van der Waals surface area contributed by atoms with Gasteiger partial charge in [0.15, 0.2) is 5.60 Å². The molecule has 1 heterocycles. The number of ether oxygens (including phenoxy) is 6. The molecule has 41 heavy (non-hydrogen) atoms. The first-order chi connectivity index (χ1) is 20.1. The van der Waals surface area contributed by atoms with E-state index in [0.29, 0.717) is 22.4 Å². The Labute approximate surface area is 238 Å². The van der Waals surface area contributed by atoms with Crippen molar-refractivity contribution < 1.29 is 38.3 Å². The molecule has 0 fully saturated rings. The Morgan fingerprint density at radius 2 is 1.41 bits per heavy atom. The molecule has 5 rings (SSSR count). The Hall–Kier alpha value is -4.53. The lowest BCUT2D eigenvalue weighted by Crippen LogP contribution is -2.34. The van der Waals surface area contributed by atoms with Gasteiger partial charge >= 0.3 is 5.97 Å². The van der Waals surface area contributed by atoms with E-state index in [2.05, 4.69) is 0 Å². The summed E-state index contributed by atoms with van der Waals surface area (Å²) in [5.74, 6) is 1.81. The largest absolute Gasteiger partial charge is 0.497 e. The molecule has 0 saturated heterocycles. The monoisotopic (exact) mass is 556 g/mol. The van der Waals surface area contributed by atoms with Gasteiger partial charge in [-0.05, 0) is 36.4 Å². The van der Waals surface area contributed by atoms with E-state index < -0.39 is 11.6 Å². The maximum atomic E-state index is 13.2. The quantitative estimate of drug-likeness (QED) is 0.195. The second kappa shape index (κ2) is 12.3. The number of benzene rings is 4. The van der Waals surface area contributed by atoms with E-state index in [1.807, 2.05) is 84.9 Å². The molecule has 0 aromatic heterocycles. The number of methoxy groups -OCH3 is 3. The molecule has 0 saturated carbocycles. The first-order valence-corrected chi connectivity index (χ1v) is 13.2. The molecule has 8 nitrogen and oxygen atoms in total. The van der Waals surface area contributed by atoms with Crippen LogP contribution in [0, 0.1) is 0 Å². The minimum absolute atomic E-state index is 0.0819. The first kappa shape index (κ1) is 28.0. The molecular weight excluding hydrogens is 524 g/mol. The number of carbonyl (C=O) groups excluding carboxylic acids is 1. The zero-order chi connectivity index (χ0) is 28.8. The average Bonchev–Trinajstić information content (AvgIpc) is 3.04. The highest BCUT2D eigenvalue weighted by Crippen LogP contribution is 2.49. The van der Waals surface area contributed by atoms with Crippen molar-refractivity contribution in [2.24, 2.45) is 0 Å². The maximum absolute atomic E-state index is 13.2. The van der Waals surface area contributed by atoms with Crippen LogP contribution in [0.15, 0.2) is 78.9 Å². The Bertz CT molecular complexity index is 1490. The molecule has 4 aromatic rings. The zero-order valence-corrected chi connectivity index (χ0v) is 23.2. The number of aliphatic hydroxyl groups is 1. The summed E-state index contributed by atoms with van der Waals surface area (Å²) >= 11 is 0. The van der Waals surface area contributed by atoms with E-state index in [0.717, 1.165) is 28.0 Å². The summed E-state index contributed by atoms with van der Waals surface area (Å²) in [7, 11) is 4.59. The molecule has 1 N–H and O–H groups in total. The second-order valence-corrected chi connectivity index (χ2v) is 9.30. The van der Waals surface area contributed by atoms with Gasteiger partial charge in [0.1, 0.15) is 35.2 Å². The number of fused-ring (bicyclic) bond motifs is 3. The highest BCUT2D eigenvalue weighted by molar-refractivity contribution is 6.08. The molecule has 1 aliphatic rings. The van der Waals surface area contributed by atoms with E-state index in [4.69, 9.17) is 33.5 Å². The summed E-state index contributed by atoms with van der Waals surface area (Å²) in [5.41, 5.74) is 1.53. The van der Waals surface area contributed by atoms with Crippen LogP contribution >= 0.6 is 0 Å². The van der Waals surface area contributed by atoms with Gasteiger partial charge in [-0.15, -0.1) is 0 Å². The van der Waals surface area contributed by atoms with Crippen LogP contribution in [0.25, 0.3) is 16.8 Å². The van der Waals surface area contributed by atoms with E-state index in [1.54, 1.807) is 14.2 Å². The minimum atomic E-state index is -1.03. The SMILES string of the molecule is COC(=O)c1c2c(c3ccccc3c1OCCOCCO)OC(c1ccc(OC)cc1)(c1ccc(OC)cc1)C=C2. The van der Waals surface area contributed by atoms with Gasteiger partial charge in [0.05, 0.1) is 41.2 Å². The van der Waals surface area contributed by atoms with Crippen LogP contribution in [0.3, 0.4) is 0 Å². The number of hydrogen-bond donors (Lipinski definition) is 1. The normalized spacial score (nSPS) is 13.3. The van der Waals surface area contributed by atoms with Gasteiger partial charge in [-0.2, -0.15) is 0 Å². The molecule has 0 spiro atoms. The Kier molecular flexibility index (Phi) is 8.42. The molecule has 212 valence electrons. The molecule has 0 unspecified atom stereocenters. The highest BCUT2D eigenvalue weighted by atomic mass is 16.5. The summed E-state index contributed by atoms with van der Waals surface area (Å²) in [5, 5.41) is 10.5. The van der Waals surface area contributed by atoms with E-state index in [1.165, 1.54) is 7.11 Å². The lowest BCUT2D eigenvalue weighted by molar-refractivity contribution is 0.0581. The van der Waals surface area contributed by atoms with Gasteiger partial charge in [0.2, 0.25) is 0 Å². The van der Waals surface area contributed by atoms with Gasteiger partial charge in [0, 0.05) is 27.5 Å². The van der Waals surface area contributed by atoms with E-state index in [-0.39, 0.29) is 32.0 Å². The van der Waals surface area contributed by atoms with Gasteiger partial charge < -0.3 is 33.5 Å². The van der Waals surface area contributed by atoms with Crippen molar-refractivity contribution in [2.45, 2.75) is 5.60 Å². The maximum Gasteiger partial charge on any atom is 0.342 e. The van der Waals surface area contributed by atoms with Crippen LogP contribution in [0.2, 0.25) is 0 Å². The van der Waals surface area contributed by atoms with Crippen LogP contribution in [-0.4, -0.2) is 58.8 Å². The summed E-state index contributed by atoms with van der Waals surface area (Å²) in [6.45, 7) is 0.547. The van der Waals surface area contributed by atoms with Gasteiger partial charge in [-0.25, -0.2) is 4.79 Å². The summed E-state index contributed by atoms with van der Waals surface area (Å²) in [6, 6.07) is 23.0. The number of rotatable bonds is 11. The van der Waals surface area contributed by atoms with Crippen molar-refractivity contribution in [3.8, 4) is 23.0 Å². The summed E-state index contributed by atoms with van der Waals surface area (Å²) < 4.78 is 34.5. The molecule has 8 heteroatoms. The highest BCUT2D eigenvalue weighted by Gasteiger charge is 2.40. The molecule has 0 aliphatic carbocycles. The van der Waals surface area contributed by atoms with Crippen molar-refractivity contribution in [3.63, 3.8) is 0 Å². The molecule has 0 radical (unpaired) electrons. The van der Waals surface area contributed by atoms with Gasteiger partial charge in [-0.3, -0.25) is 0 Å². The third-order valence-electron chi connectivity index (χ3n) is 7.04. The fourth-order valence-electron chi connectivity index (χ4n) is 5.04. The number of esters is 1. The average molecular weight is 557 g/mol. The standard InChI is InChI=1S/C33H32O8/c1-36-24-12-8-22(9-13-24)33(23-10-14-25(37-2)15-11-23)17-16-28-29(32(35)38-3)31(40-21-20-39-19-18-34)27-7-5-4-6-26(27)30(28)41-33/h4-17,34H,18-21H2,1-3H3. The molecule has 4 aromatic carbocycles. The minimum Gasteiger partial charge on any atom is -0.497 e. The van der Waals surface area contributed by atoms with Crippen molar-refractivity contribution >= 4 is 22.8 Å². The van der Waals surface area contributed by atoms with Crippen LogP contribution in [0.4, 0.5) is 0 Å². The summed E-state index contributed by atoms with van der Waals surface area (Å²) in [4.78, 5) is 13.2. The Morgan fingerprint density at radius 3 is 1.98 bits per heavy atom. The predicted molar refractivity (Wildman–Crippen MR) is 155 cm³/mol. The third kappa shape index (κ3) is 5.31. The molecule has 0 bridgehead atoms. The fourth-order valence-corrected chi connectivity index (χ4v) is 5.04. The lowest BCUT2D eigenvalue weighted by atomic mass is 9.82. The first-order valence-electron chi connectivity index (χ1n) is 13.2. The molecular formula is C33H32O8. The number of hydrogen-bond acceptors (Lipinski definition) is 8. The Morgan fingerprint density at radius 1 is 0.805 bits per heavy atom. The van der Waals surface area contributed by atoms with Crippen molar-refractivity contribution in [1.29, 1.82) is 0 Å². The molecule has 1 aliphatic heterocycles. The van der Waals surface area contributed by atoms with Crippen LogP contribution < -0.4 is 18.9 Å². The van der Waals surface area contributed by atoms with Crippen molar-refractivity contribution in [3.05, 3.63) is 101 Å². The van der Waals surface area contributed by atoms with Crippen molar-refractivity contribution in [1.82, 2.24) is 0 Å². The summed E-state index contributed by atoms with van der Waals surface area (Å²) in [6.07, 6.45) is 3.83. The van der Waals surface area contributed by atoms with Gasteiger partial charge in [0.25, 0.3) is 0 Å². The van der Waals surface area contributed by atoms with Crippen LogP contribution in [0.1, 0.15) is 27.0 Å². The zero-order valence-electron chi connectivity index (χ0n) is 23.2. The molecule has 0 atom stereocenters. The lowest BCUT2D eigenvalue weighted by Gasteiger charge is -2.37. The second-order valence-electron chi connectivity index (χ2n) is 9.30. The smallest absolute Gasteiger partial charge is 0.342 e. The number of carbonyl (C=O) groups is 1. The van der Waals surface area contributed by atoms with E-state index >= 15 is 0 Å². The topological polar surface area (TPSA) is 92.7 Å². The van der Waals surface area contributed by atoms with Crippen LogP contribution in [0.5, 0.6) is 23.0 Å². The van der Waals surface area contributed by atoms with Gasteiger partial charge in [-0.1, -0.05) is 48.5 Å². The fraction of sp³-hybridized carbons (Fsp3) is 0.242. The van der Waals surface area contributed by atoms with E-state index in [9.17, 15) is 4.79 Å². The van der Waals surface area contributed by atoms with Crippen LogP contribution in [-0.2, 0) is 15.1 Å². The van der Waals surface area contributed by atoms with Crippen molar-refractivity contribution in [2.75, 3.05) is 47.8 Å². The third-order valence-corrected chi connectivity index (χ3v) is 7.04. The Balaban J connectivity index is 1.71. The molecule has 0 amide bonds. The predicted octanol–water partition coefficient (Wildman–Crippen LogP) is 5.38. The number of aliphatic hydroxyl groups excluding tert-OH is 1.